The lowest BCUT2D eigenvalue weighted by Crippen LogP contribution is -2.59. The van der Waals surface area contributed by atoms with Crippen LogP contribution in [0.1, 0.15) is 42.0 Å². The fraction of sp³-hybridized carbons (Fsp3) is 0.650. The highest BCUT2D eigenvalue weighted by molar-refractivity contribution is 5.74. The summed E-state index contributed by atoms with van der Waals surface area (Å²) in [6.45, 7) is 5.43. The minimum atomic E-state index is 0.193. The van der Waals surface area contributed by atoms with Crippen LogP contribution in [0.2, 0.25) is 0 Å². The van der Waals surface area contributed by atoms with Gasteiger partial charge in [0.15, 0.2) is 0 Å². The minimum Gasteiger partial charge on any atom is -0.331 e. The van der Waals surface area contributed by atoms with Gasteiger partial charge in [-0.25, -0.2) is 4.79 Å². The molecule has 0 spiro atoms. The standard InChI is InChI=1S/C20H29N3O/c1-14-6-7-15-8-10-22-13-16-5-4-9-23(20(24)21(2)3)18(16)12-19(22)17(15)11-14/h6-7,11,16,18-19H,4-5,8-10,12-13H2,1-3H3. The first-order chi connectivity index (χ1) is 11.5. The lowest BCUT2D eigenvalue weighted by atomic mass is 9.76. The number of aryl methyl sites for hydroxylation is 1. The quantitative estimate of drug-likeness (QED) is 0.732. The van der Waals surface area contributed by atoms with Crippen molar-refractivity contribution in [3.63, 3.8) is 0 Å². The van der Waals surface area contributed by atoms with Crippen LogP contribution in [0.4, 0.5) is 4.79 Å². The molecule has 2 fully saturated rings. The number of urea groups is 1. The smallest absolute Gasteiger partial charge is 0.319 e. The lowest BCUT2D eigenvalue weighted by molar-refractivity contribution is 0.00109. The summed E-state index contributed by atoms with van der Waals surface area (Å²) in [7, 11) is 3.75. The lowest BCUT2D eigenvalue weighted by Gasteiger charge is -2.52. The first kappa shape index (κ1) is 15.9. The number of rotatable bonds is 0. The third-order valence-electron chi connectivity index (χ3n) is 6.25. The van der Waals surface area contributed by atoms with E-state index in [4.69, 9.17) is 0 Å². The van der Waals surface area contributed by atoms with Crippen LogP contribution in [0.15, 0.2) is 18.2 Å². The number of amides is 2. The molecular formula is C20H29N3O. The Morgan fingerprint density at radius 3 is 2.88 bits per heavy atom. The molecule has 3 heterocycles. The van der Waals surface area contributed by atoms with E-state index in [0.717, 1.165) is 25.9 Å². The molecule has 4 heteroatoms. The van der Waals surface area contributed by atoms with Crippen molar-refractivity contribution < 1.29 is 4.79 Å². The van der Waals surface area contributed by atoms with E-state index < -0.39 is 0 Å². The van der Waals surface area contributed by atoms with E-state index in [9.17, 15) is 4.79 Å². The predicted octanol–water partition coefficient (Wildman–Crippen LogP) is 3.06. The number of fused-ring (bicyclic) bond motifs is 4. The summed E-state index contributed by atoms with van der Waals surface area (Å²) in [6, 6.07) is 8.03. The molecular weight excluding hydrogens is 298 g/mol. The summed E-state index contributed by atoms with van der Waals surface area (Å²) < 4.78 is 0. The van der Waals surface area contributed by atoms with Crippen LogP contribution >= 0.6 is 0 Å². The number of hydrogen-bond acceptors (Lipinski definition) is 2. The van der Waals surface area contributed by atoms with E-state index in [1.165, 1.54) is 36.1 Å². The highest BCUT2D eigenvalue weighted by Gasteiger charge is 2.44. The third kappa shape index (κ3) is 2.61. The number of likely N-dealkylation sites (tertiary alicyclic amines) is 1. The van der Waals surface area contributed by atoms with Crippen LogP contribution in [0.25, 0.3) is 0 Å². The summed E-state index contributed by atoms with van der Waals surface area (Å²) in [5.74, 6) is 0.644. The number of piperidine rings is 2. The summed E-state index contributed by atoms with van der Waals surface area (Å²) in [5, 5.41) is 0. The van der Waals surface area contributed by atoms with Crippen LogP contribution in [0.5, 0.6) is 0 Å². The van der Waals surface area contributed by atoms with Crippen molar-refractivity contribution in [3.05, 3.63) is 34.9 Å². The molecule has 4 nitrogen and oxygen atoms in total. The van der Waals surface area contributed by atoms with Crippen LogP contribution in [-0.2, 0) is 6.42 Å². The Morgan fingerprint density at radius 1 is 1.25 bits per heavy atom. The van der Waals surface area contributed by atoms with Crippen molar-refractivity contribution in [3.8, 4) is 0 Å². The van der Waals surface area contributed by atoms with E-state index in [-0.39, 0.29) is 6.03 Å². The zero-order valence-electron chi connectivity index (χ0n) is 15.2. The van der Waals surface area contributed by atoms with E-state index in [1.807, 2.05) is 14.1 Å². The van der Waals surface area contributed by atoms with E-state index in [0.29, 0.717) is 18.0 Å². The maximum absolute atomic E-state index is 12.7. The molecule has 0 saturated carbocycles. The van der Waals surface area contributed by atoms with E-state index in [1.54, 1.807) is 4.90 Å². The van der Waals surface area contributed by atoms with Gasteiger partial charge >= 0.3 is 6.03 Å². The van der Waals surface area contributed by atoms with Crippen molar-refractivity contribution in [1.82, 2.24) is 14.7 Å². The number of carbonyl (C=O) groups excluding carboxylic acids is 1. The second kappa shape index (κ2) is 6.07. The Bertz CT molecular complexity index is 642. The van der Waals surface area contributed by atoms with E-state index >= 15 is 0 Å². The van der Waals surface area contributed by atoms with Gasteiger partial charge in [-0.1, -0.05) is 23.8 Å². The molecule has 2 saturated heterocycles. The first-order valence-electron chi connectivity index (χ1n) is 9.36. The zero-order chi connectivity index (χ0) is 16.8. The van der Waals surface area contributed by atoms with Gasteiger partial charge in [0.05, 0.1) is 0 Å². The molecule has 0 radical (unpaired) electrons. The summed E-state index contributed by atoms with van der Waals surface area (Å²) >= 11 is 0. The van der Waals surface area contributed by atoms with Crippen LogP contribution in [-0.4, -0.2) is 60.5 Å². The van der Waals surface area contributed by atoms with Gasteiger partial charge in [-0.3, -0.25) is 4.90 Å². The molecule has 0 aromatic heterocycles. The van der Waals surface area contributed by atoms with Gasteiger partial charge in [0.2, 0.25) is 0 Å². The molecule has 0 N–H and O–H groups in total. The average molecular weight is 327 g/mol. The molecule has 3 unspecified atom stereocenters. The molecule has 1 aromatic carbocycles. The molecule has 4 rings (SSSR count). The Morgan fingerprint density at radius 2 is 2.08 bits per heavy atom. The normalized spacial score (nSPS) is 29.5. The molecule has 3 aliphatic heterocycles. The van der Waals surface area contributed by atoms with Gasteiger partial charge in [0.25, 0.3) is 0 Å². The van der Waals surface area contributed by atoms with Crippen molar-refractivity contribution in [1.29, 1.82) is 0 Å². The molecule has 24 heavy (non-hydrogen) atoms. The SMILES string of the molecule is Cc1ccc2c(c1)C1CC3C(CCCN3C(=O)N(C)C)CN1CC2. The van der Waals surface area contributed by atoms with Gasteiger partial charge in [-0.05, 0) is 49.7 Å². The Hall–Kier alpha value is -1.55. The molecule has 130 valence electrons. The number of benzene rings is 1. The number of carbonyl (C=O) groups is 1. The van der Waals surface area contributed by atoms with Crippen molar-refractivity contribution in [2.24, 2.45) is 5.92 Å². The molecule has 3 atom stereocenters. The second-order valence-corrected chi connectivity index (χ2v) is 8.04. The van der Waals surface area contributed by atoms with Gasteiger partial charge in [-0.2, -0.15) is 0 Å². The van der Waals surface area contributed by atoms with Gasteiger partial charge in [0.1, 0.15) is 0 Å². The molecule has 0 aliphatic carbocycles. The summed E-state index contributed by atoms with van der Waals surface area (Å²) in [4.78, 5) is 19.2. The topological polar surface area (TPSA) is 26.8 Å². The average Bonchev–Trinajstić information content (AvgIpc) is 2.58. The predicted molar refractivity (Wildman–Crippen MR) is 96.1 cm³/mol. The van der Waals surface area contributed by atoms with Crippen LogP contribution in [0.3, 0.4) is 0 Å². The fourth-order valence-corrected chi connectivity index (χ4v) is 5.06. The van der Waals surface area contributed by atoms with Crippen molar-refractivity contribution >= 4 is 6.03 Å². The molecule has 1 aromatic rings. The van der Waals surface area contributed by atoms with Gasteiger partial charge in [-0.15, -0.1) is 0 Å². The Labute approximate surface area is 145 Å². The Balaban J connectivity index is 1.64. The monoisotopic (exact) mass is 327 g/mol. The maximum Gasteiger partial charge on any atom is 0.319 e. The van der Waals surface area contributed by atoms with Gasteiger partial charge < -0.3 is 9.80 Å². The first-order valence-corrected chi connectivity index (χ1v) is 9.36. The third-order valence-corrected chi connectivity index (χ3v) is 6.25. The van der Waals surface area contributed by atoms with Crippen LogP contribution < -0.4 is 0 Å². The number of hydrogen-bond donors (Lipinski definition) is 0. The summed E-state index contributed by atoms with van der Waals surface area (Å²) in [6.07, 6.45) is 4.69. The fourth-order valence-electron chi connectivity index (χ4n) is 5.06. The van der Waals surface area contributed by atoms with Crippen molar-refractivity contribution in [2.45, 2.75) is 44.7 Å². The molecule has 0 bridgehead atoms. The molecule has 2 amide bonds. The summed E-state index contributed by atoms with van der Waals surface area (Å²) in [5.41, 5.74) is 4.38. The zero-order valence-corrected chi connectivity index (χ0v) is 15.2. The highest BCUT2D eigenvalue weighted by atomic mass is 16.2. The van der Waals surface area contributed by atoms with Crippen LogP contribution in [0, 0.1) is 12.8 Å². The minimum absolute atomic E-state index is 0.193. The number of nitrogens with zero attached hydrogens (tertiary/aromatic N) is 3. The van der Waals surface area contributed by atoms with E-state index in [2.05, 4.69) is 34.9 Å². The molecule has 3 aliphatic rings. The highest BCUT2D eigenvalue weighted by Crippen LogP contribution is 2.43. The van der Waals surface area contributed by atoms with Gasteiger partial charge in [0, 0.05) is 45.8 Å². The largest absolute Gasteiger partial charge is 0.331 e. The van der Waals surface area contributed by atoms with Crippen molar-refractivity contribution in [2.75, 3.05) is 33.7 Å². The Kier molecular flexibility index (Phi) is 4.03. The second-order valence-electron chi connectivity index (χ2n) is 8.04. The maximum atomic E-state index is 12.7.